The molecule has 0 radical (unpaired) electrons. The molecule has 0 aromatic carbocycles. The molecule has 106 valence electrons. The topological polar surface area (TPSA) is 107 Å². The molecule has 1 saturated carbocycles. The van der Waals surface area contributed by atoms with Crippen LogP contribution in [0.15, 0.2) is 12.7 Å². The van der Waals surface area contributed by atoms with Gasteiger partial charge in [0.25, 0.3) is 5.95 Å². The molecule has 0 amide bonds. The zero-order valence-corrected chi connectivity index (χ0v) is 11.9. The van der Waals surface area contributed by atoms with E-state index in [9.17, 15) is 0 Å². The number of nitrogens with two attached hydrogens (primary N) is 1. The minimum Gasteiger partial charge on any atom is -0.368 e. The molecule has 0 spiro atoms. The first-order chi connectivity index (χ1) is 9.76. The van der Waals surface area contributed by atoms with Crippen LogP contribution in [0.4, 0.5) is 11.9 Å². The van der Waals surface area contributed by atoms with Crippen molar-refractivity contribution in [1.82, 2.24) is 29.7 Å². The third-order valence-corrected chi connectivity index (χ3v) is 4.50. The summed E-state index contributed by atoms with van der Waals surface area (Å²) < 4.78 is 1.46. The highest BCUT2D eigenvalue weighted by Crippen LogP contribution is 2.30. The van der Waals surface area contributed by atoms with Gasteiger partial charge in [0.05, 0.1) is 0 Å². The Morgan fingerprint density at radius 1 is 1.35 bits per heavy atom. The first-order valence-corrected chi connectivity index (χ1v) is 7.71. The largest absolute Gasteiger partial charge is 0.368 e. The van der Waals surface area contributed by atoms with Gasteiger partial charge in [-0.1, -0.05) is 6.42 Å². The summed E-state index contributed by atoms with van der Waals surface area (Å²) in [6, 6.07) is 0.371. The third kappa shape index (κ3) is 2.67. The van der Waals surface area contributed by atoms with E-state index in [1.807, 2.05) is 11.8 Å². The minimum atomic E-state index is 0.173. The lowest BCUT2D eigenvalue weighted by molar-refractivity contribution is 0.743. The highest BCUT2D eigenvalue weighted by atomic mass is 32.2. The van der Waals surface area contributed by atoms with Gasteiger partial charge in [-0.3, -0.25) is 0 Å². The Morgan fingerprint density at radius 3 is 3.00 bits per heavy atom. The smallest absolute Gasteiger partial charge is 0.258 e. The molecule has 1 aliphatic carbocycles. The molecule has 3 N–H and O–H groups in total. The number of hydrogen-bond donors (Lipinski definition) is 2. The van der Waals surface area contributed by atoms with E-state index in [1.54, 1.807) is 0 Å². The van der Waals surface area contributed by atoms with Crippen molar-refractivity contribution < 1.29 is 0 Å². The van der Waals surface area contributed by atoms with Crippen LogP contribution in [-0.2, 0) is 0 Å². The Labute approximate surface area is 120 Å². The fraction of sp³-hybridized carbons (Fsp3) is 0.545. The molecule has 1 fully saturated rings. The van der Waals surface area contributed by atoms with Gasteiger partial charge >= 0.3 is 0 Å². The van der Waals surface area contributed by atoms with Crippen LogP contribution in [-0.4, -0.2) is 47.3 Å². The number of nitrogen functional groups attached to an aromatic ring is 1. The van der Waals surface area contributed by atoms with E-state index in [2.05, 4.69) is 36.6 Å². The predicted octanol–water partition coefficient (Wildman–Crippen LogP) is 0.731. The van der Waals surface area contributed by atoms with Crippen LogP contribution in [0.1, 0.15) is 19.3 Å². The van der Waals surface area contributed by atoms with Gasteiger partial charge in [0, 0.05) is 11.3 Å². The summed E-state index contributed by atoms with van der Waals surface area (Å²) in [5, 5.41) is 7.94. The van der Waals surface area contributed by atoms with Gasteiger partial charge in [-0.05, 0) is 19.1 Å². The third-order valence-electron chi connectivity index (χ3n) is 3.33. The molecule has 2 aromatic rings. The molecule has 3 rings (SSSR count). The lowest BCUT2D eigenvalue weighted by Gasteiger charge is -2.19. The van der Waals surface area contributed by atoms with E-state index in [1.165, 1.54) is 30.2 Å². The Balaban J connectivity index is 1.83. The van der Waals surface area contributed by atoms with Gasteiger partial charge in [0.1, 0.15) is 12.7 Å². The molecular formula is C11H16N8S. The number of nitrogens with zero attached hydrogens (tertiary/aromatic N) is 6. The SMILES string of the molecule is CSC1CCCC1Nc1nc(N)nc(-n2cncn2)n1. The van der Waals surface area contributed by atoms with Gasteiger partial charge in [-0.15, -0.1) is 0 Å². The number of nitrogens with one attached hydrogen (secondary N) is 1. The molecule has 0 aliphatic heterocycles. The number of thioether (sulfide) groups is 1. The predicted molar refractivity (Wildman–Crippen MR) is 77.7 cm³/mol. The fourth-order valence-electron chi connectivity index (χ4n) is 2.40. The van der Waals surface area contributed by atoms with Crippen LogP contribution < -0.4 is 11.1 Å². The summed E-state index contributed by atoms with van der Waals surface area (Å²) in [6.07, 6.45) is 8.64. The van der Waals surface area contributed by atoms with Crippen LogP contribution in [0.3, 0.4) is 0 Å². The van der Waals surface area contributed by atoms with Crippen LogP contribution >= 0.6 is 11.8 Å². The maximum atomic E-state index is 5.74. The Morgan fingerprint density at radius 2 is 2.25 bits per heavy atom. The van der Waals surface area contributed by atoms with E-state index in [4.69, 9.17) is 5.73 Å². The lowest BCUT2D eigenvalue weighted by atomic mass is 10.2. The standard InChI is InChI=1S/C11H16N8S/c1-20-8-4-2-3-7(8)15-10-16-9(12)17-11(18-10)19-6-13-5-14-19/h5-8H,2-4H2,1H3,(H3,12,15,16,17,18). The summed E-state index contributed by atoms with van der Waals surface area (Å²) in [7, 11) is 0. The molecule has 20 heavy (non-hydrogen) atoms. The van der Waals surface area contributed by atoms with E-state index in [0.29, 0.717) is 23.2 Å². The van der Waals surface area contributed by atoms with Crippen LogP contribution in [0.2, 0.25) is 0 Å². The molecule has 8 nitrogen and oxygen atoms in total. The second-order valence-corrected chi connectivity index (χ2v) is 5.69. The maximum absolute atomic E-state index is 5.74. The van der Waals surface area contributed by atoms with Gasteiger partial charge < -0.3 is 11.1 Å². The highest BCUT2D eigenvalue weighted by molar-refractivity contribution is 7.99. The van der Waals surface area contributed by atoms with E-state index in [-0.39, 0.29) is 5.95 Å². The van der Waals surface area contributed by atoms with Gasteiger partial charge in [0.15, 0.2) is 0 Å². The Kier molecular flexibility index (Phi) is 3.68. The summed E-state index contributed by atoms with van der Waals surface area (Å²) in [4.78, 5) is 16.4. The molecular weight excluding hydrogens is 276 g/mol. The van der Waals surface area contributed by atoms with Crippen molar-refractivity contribution in [3.05, 3.63) is 12.7 Å². The monoisotopic (exact) mass is 292 g/mol. The van der Waals surface area contributed by atoms with Gasteiger partial charge in [-0.2, -0.15) is 36.5 Å². The Bertz CT molecular complexity index is 572. The van der Waals surface area contributed by atoms with Crippen molar-refractivity contribution in [2.75, 3.05) is 17.3 Å². The zero-order chi connectivity index (χ0) is 13.9. The van der Waals surface area contributed by atoms with Crippen LogP contribution in [0.25, 0.3) is 5.95 Å². The second-order valence-electron chi connectivity index (χ2n) is 4.61. The van der Waals surface area contributed by atoms with Crippen LogP contribution in [0.5, 0.6) is 0 Å². The molecule has 2 unspecified atom stereocenters. The highest BCUT2D eigenvalue weighted by Gasteiger charge is 2.27. The molecule has 2 atom stereocenters. The lowest BCUT2D eigenvalue weighted by Crippen LogP contribution is -2.27. The quantitative estimate of drug-likeness (QED) is 0.849. The second kappa shape index (κ2) is 5.61. The molecule has 0 saturated heterocycles. The zero-order valence-electron chi connectivity index (χ0n) is 11.1. The summed E-state index contributed by atoms with van der Waals surface area (Å²) in [6.45, 7) is 0. The van der Waals surface area contributed by atoms with Crippen LogP contribution in [0, 0.1) is 0 Å². The van der Waals surface area contributed by atoms with Crippen molar-refractivity contribution in [3.63, 3.8) is 0 Å². The van der Waals surface area contributed by atoms with Crippen molar-refractivity contribution >= 4 is 23.7 Å². The van der Waals surface area contributed by atoms with Crippen molar-refractivity contribution in [2.45, 2.75) is 30.6 Å². The normalized spacial score (nSPS) is 22.1. The average molecular weight is 292 g/mol. The molecule has 0 bridgehead atoms. The summed E-state index contributed by atoms with van der Waals surface area (Å²) in [5.74, 6) is 1.04. The summed E-state index contributed by atoms with van der Waals surface area (Å²) in [5.41, 5.74) is 5.74. The number of rotatable bonds is 4. The number of aromatic nitrogens is 6. The number of hydrogen-bond acceptors (Lipinski definition) is 8. The van der Waals surface area contributed by atoms with Gasteiger partial charge in [0.2, 0.25) is 11.9 Å². The first kappa shape index (κ1) is 13.1. The summed E-state index contributed by atoms with van der Waals surface area (Å²) >= 11 is 1.87. The fourth-order valence-corrected chi connectivity index (χ4v) is 3.33. The maximum Gasteiger partial charge on any atom is 0.258 e. The molecule has 2 aromatic heterocycles. The molecule has 9 heteroatoms. The van der Waals surface area contributed by atoms with E-state index >= 15 is 0 Å². The van der Waals surface area contributed by atoms with E-state index in [0.717, 1.165) is 6.42 Å². The average Bonchev–Trinajstić information content (AvgIpc) is 3.08. The molecule has 1 aliphatic rings. The Hall–Kier alpha value is -1.90. The van der Waals surface area contributed by atoms with Crippen molar-refractivity contribution in [3.8, 4) is 5.95 Å². The number of anilines is 2. The van der Waals surface area contributed by atoms with Crippen molar-refractivity contribution in [2.24, 2.45) is 0 Å². The van der Waals surface area contributed by atoms with Crippen molar-refractivity contribution in [1.29, 1.82) is 0 Å². The first-order valence-electron chi connectivity index (χ1n) is 6.42. The minimum absolute atomic E-state index is 0.173. The van der Waals surface area contributed by atoms with Gasteiger partial charge in [-0.25, -0.2) is 4.98 Å². The molecule has 2 heterocycles. The van der Waals surface area contributed by atoms with E-state index < -0.39 is 0 Å².